The number of rotatable bonds is 6. The van der Waals surface area contributed by atoms with Gasteiger partial charge in [0.15, 0.2) is 0 Å². The molecule has 104 valence electrons. The van der Waals surface area contributed by atoms with Crippen molar-refractivity contribution in [1.82, 2.24) is 4.98 Å². The Kier molecular flexibility index (Phi) is 4.95. The van der Waals surface area contributed by atoms with Gasteiger partial charge in [0.1, 0.15) is 11.9 Å². The Labute approximate surface area is 120 Å². The van der Waals surface area contributed by atoms with Crippen molar-refractivity contribution < 1.29 is 0 Å². The van der Waals surface area contributed by atoms with Crippen LogP contribution in [0.15, 0.2) is 24.3 Å². The lowest BCUT2D eigenvalue weighted by atomic mass is 10.0. The average Bonchev–Trinajstić information content (AvgIpc) is 2.47. The zero-order valence-corrected chi connectivity index (χ0v) is 12.2. The van der Waals surface area contributed by atoms with E-state index in [9.17, 15) is 5.26 Å². The molecule has 20 heavy (non-hydrogen) atoms. The van der Waals surface area contributed by atoms with Crippen molar-refractivity contribution in [2.45, 2.75) is 39.5 Å². The number of aryl methyl sites for hydroxylation is 1. The molecule has 0 aliphatic heterocycles. The molecule has 0 saturated carbocycles. The lowest BCUT2D eigenvalue weighted by Crippen LogP contribution is -2.06. The van der Waals surface area contributed by atoms with Crippen molar-refractivity contribution in [3.63, 3.8) is 0 Å². The molecule has 1 aromatic heterocycles. The Balaban J connectivity index is 2.24. The highest BCUT2D eigenvalue weighted by Crippen LogP contribution is 2.26. The third kappa shape index (κ3) is 3.08. The van der Waals surface area contributed by atoms with E-state index in [2.05, 4.69) is 23.3 Å². The summed E-state index contributed by atoms with van der Waals surface area (Å²) in [6.45, 7) is 5.04. The number of pyridine rings is 1. The monoisotopic (exact) mass is 267 g/mol. The number of hydrogen-bond acceptors (Lipinski definition) is 3. The molecule has 3 heteroatoms. The normalized spacial score (nSPS) is 10.4. The number of anilines is 1. The van der Waals surface area contributed by atoms with Crippen molar-refractivity contribution in [1.29, 1.82) is 5.26 Å². The van der Waals surface area contributed by atoms with E-state index in [1.165, 1.54) is 19.3 Å². The molecular weight excluding hydrogens is 246 g/mol. The van der Waals surface area contributed by atoms with Crippen LogP contribution in [0.2, 0.25) is 0 Å². The van der Waals surface area contributed by atoms with Gasteiger partial charge in [0.25, 0.3) is 0 Å². The molecule has 0 bridgehead atoms. The maximum Gasteiger partial charge on any atom is 0.134 e. The highest BCUT2D eigenvalue weighted by molar-refractivity contribution is 5.96. The second-order valence-electron chi connectivity index (χ2n) is 5.07. The summed E-state index contributed by atoms with van der Waals surface area (Å²) in [5.41, 5.74) is 1.47. The molecule has 0 radical (unpaired) electrons. The van der Waals surface area contributed by atoms with Gasteiger partial charge in [0, 0.05) is 17.3 Å². The molecule has 2 rings (SSSR count). The third-order valence-electron chi connectivity index (χ3n) is 3.53. The van der Waals surface area contributed by atoms with Crippen LogP contribution in [0.3, 0.4) is 0 Å². The molecule has 1 aromatic carbocycles. The van der Waals surface area contributed by atoms with Crippen molar-refractivity contribution in [3.8, 4) is 6.07 Å². The van der Waals surface area contributed by atoms with E-state index in [0.29, 0.717) is 5.56 Å². The zero-order chi connectivity index (χ0) is 14.4. The lowest BCUT2D eigenvalue weighted by Gasteiger charge is -2.11. The number of unbranched alkanes of at least 4 members (excludes halogenated alkanes) is 3. The molecule has 0 aliphatic rings. The number of nitriles is 1. The first kappa shape index (κ1) is 14.3. The molecule has 2 aromatic rings. The summed E-state index contributed by atoms with van der Waals surface area (Å²) in [5, 5.41) is 14.7. The van der Waals surface area contributed by atoms with Gasteiger partial charge in [-0.2, -0.15) is 5.26 Å². The predicted molar refractivity (Wildman–Crippen MR) is 83.8 cm³/mol. The van der Waals surface area contributed by atoms with E-state index >= 15 is 0 Å². The first-order valence-corrected chi connectivity index (χ1v) is 7.31. The fourth-order valence-electron chi connectivity index (χ4n) is 2.42. The fraction of sp³-hybridized carbons (Fsp3) is 0.412. The molecule has 0 saturated heterocycles. The van der Waals surface area contributed by atoms with Crippen LogP contribution in [0, 0.1) is 18.3 Å². The van der Waals surface area contributed by atoms with E-state index in [1.54, 1.807) is 0 Å². The second kappa shape index (κ2) is 6.91. The molecule has 3 nitrogen and oxygen atoms in total. The van der Waals surface area contributed by atoms with Crippen molar-refractivity contribution in [2.24, 2.45) is 0 Å². The highest BCUT2D eigenvalue weighted by Gasteiger charge is 2.10. The maximum atomic E-state index is 9.27. The van der Waals surface area contributed by atoms with Crippen LogP contribution in [0.1, 0.15) is 43.9 Å². The Morgan fingerprint density at radius 1 is 1.15 bits per heavy atom. The minimum absolute atomic E-state index is 0.678. The van der Waals surface area contributed by atoms with E-state index in [0.717, 1.165) is 35.2 Å². The average molecular weight is 267 g/mol. The Hall–Kier alpha value is -2.08. The zero-order valence-electron chi connectivity index (χ0n) is 12.2. The number of fused-ring (bicyclic) bond motifs is 1. The maximum absolute atomic E-state index is 9.27. The van der Waals surface area contributed by atoms with Gasteiger partial charge in [0.2, 0.25) is 0 Å². The van der Waals surface area contributed by atoms with Gasteiger partial charge in [-0.15, -0.1) is 0 Å². The van der Waals surface area contributed by atoms with Crippen molar-refractivity contribution in [2.75, 3.05) is 11.9 Å². The fourth-order valence-corrected chi connectivity index (χ4v) is 2.42. The largest absolute Gasteiger partial charge is 0.370 e. The van der Waals surface area contributed by atoms with Crippen LogP contribution in [0.5, 0.6) is 0 Å². The van der Waals surface area contributed by atoms with Gasteiger partial charge in [-0.1, -0.05) is 50.5 Å². The Morgan fingerprint density at radius 3 is 2.60 bits per heavy atom. The molecule has 1 N–H and O–H groups in total. The number of benzene rings is 1. The third-order valence-corrected chi connectivity index (χ3v) is 3.53. The minimum atomic E-state index is 0.678. The molecule has 0 fully saturated rings. The number of hydrogen-bond donors (Lipinski definition) is 1. The van der Waals surface area contributed by atoms with Crippen molar-refractivity contribution >= 4 is 16.6 Å². The molecule has 0 aliphatic carbocycles. The van der Waals surface area contributed by atoms with E-state index in [-0.39, 0.29) is 0 Å². The lowest BCUT2D eigenvalue weighted by molar-refractivity contribution is 0.684. The Bertz CT molecular complexity index is 626. The second-order valence-corrected chi connectivity index (χ2v) is 5.07. The Morgan fingerprint density at radius 2 is 1.90 bits per heavy atom. The van der Waals surface area contributed by atoms with Gasteiger partial charge in [-0.05, 0) is 13.3 Å². The van der Waals surface area contributed by atoms with Gasteiger partial charge in [-0.3, -0.25) is 0 Å². The van der Waals surface area contributed by atoms with E-state index in [1.807, 2.05) is 31.2 Å². The summed E-state index contributed by atoms with van der Waals surface area (Å²) in [6.07, 6.45) is 4.93. The number of aromatic nitrogens is 1. The number of nitrogens with zero attached hydrogens (tertiary/aromatic N) is 2. The predicted octanol–water partition coefficient (Wildman–Crippen LogP) is 4.41. The highest BCUT2D eigenvalue weighted by atomic mass is 15.0. The summed E-state index contributed by atoms with van der Waals surface area (Å²) in [4.78, 5) is 4.56. The molecule has 0 amide bonds. The van der Waals surface area contributed by atoms with Crippen LogP contribution < -0.4 is 5.32 Å². The van der Waals surface area contributed by atoms with Gasteiger partial charge < -0.3 is 5.32 Å². The number of nitrogens with one attached hydrogen (secondary N) is 1. The SMILES string of the molecule is CCCCCCNc1nc(C)c(C#N)c2ccccc12. The first-order valence-electron chi connectivity index (χ1n) is 7.31. The van der Waals surface area contributed by atoms with Crippen LogP contribution >= 0.6 is 0 Å². The minimum Gasteiger partial charge on any atom is -0.370 e. The van der Waals surface area contributed by atoms with Gasteiger partial charge in [-0.25, -0.2) is 4.98 Å². The van der Waals surface area contributed by atoms with Crippen LogP contribution in [0.25, 0.3) is 10.8 Å². The van der Waals surface area contributed by atoms with Gasteiger partial charge in [0.05, 0.1) is 11.3 Å². The van der Waals surface area contributed by atoms with Crippen LogP contribution in [0.4, 0.5) is 5.82 Å². The van der Waals surface area contributed by atoms with Crippen molar-refractivity contribution in [3.05, 3.63) is 35.5 Å². The smallest absolute Gasteiger partial charge is 0.134 e. The topological polar surface area (TPSA) is 48.7 Å². The quantitative estimate of drug-likeness (QED) is 0.789. The summed E-state index contributed by atoms with van der Waals surface area (Å²) < 4.78 is 0. The molecule has 0 spiro atoms. The summed E-state index contributed by atoms with van der Waals surface area (Å²) >= 11 is 0. The molecular formula is C17H21N3. The molecule has 0 atom stereocenters. The van der Waals surface area contributed by atoms with E-state index < -0.39 is 0 Å². The summed E-state index contributed by atoms with van der Waals surface area (Å²) in [7, 11) is 0. The standard InChI is InChI=1S/C17H21N3/c1-3-4-5-8-11-19-17-15-10-7-6-9-14(15)16(12-18)13(2)20-17/h6-7,9-10H,3-5,8,11H2,1-2H3,(H,19,20). The first-order chi connectivity index (χ1) is 9.77. The summed E-state index contributed by atoms with van der Waals surface area (Å²) in [5.74, 6) is 0.897. The molecule has 0 unspecified atom stereocenters. The molecule has 1 heterocycles. The van der Waals surface area contributed by atoms with E-state index in [4.69, 9.17) is 0 Å². The van der Waals surface area contributed by atoms with Gasteiger partial charge >= 0.3 is 0 Å². The van der Waals surface area contributed by atoms with Crippen LogP contribution in [-0.4, -0.2) is 11.5 Å². The van der Waals surface area contributed by atoms with Crippen LogP contribution in [-0.2, 0) is 0 Å². The summed E-state index contributed by atoms with van der Waals surface area (Å²) in [6, 6.07) is 10.2.